The van der Waals surface area contributed by atoms with Gasteiger partial charge in [-0.2, -0.15) is 4.31 Å². The highest BCUT2D eigenvalue weighted by molar-refractivity contribution is 7.89. The maximum absolute atomic E-state index is 12.9. The van der Waals surface area contributed by atoms with E-state index in [9.17, 15) is 8.42 Å². The molecule has 7 nitrogen and oxygen atoms in total. The number of halogens is 1. The number of nitrogens with zero attached hydrogens (tertiary/aromatic N) is 4. The Morgan fingerprint density at radius 2 is 1.75 bits per heavy atom. The van der Waals surface area contributed by atoms with Crippen molar-refractivity contribution in [2.75, 3.05) is 36.4 Å². The molecule has 0 aliphatic carbocycles. The lowest BCUT2D eigenvalue weighted by molar-refractivity contribution is 0.445. The lowest BCUT2D eigenvalue weighted by atomic mass is 10.2. The van der Waals surface area contributed by atoms with E-state index < -0.39 is 10.0 Å². The molecule has 0 radical (unpaired) electrons. The van der Waals surface area contributed by atoms with Gasteiger partial charge in [-0.1, -0.05) is 25.4 Å². The highest BCUT2D eigenvalue weighted by Crippen LogP contribution is 2.30. The van der Waals surface area contributed by atoms with Crippen LogP contribution in [0.1, 0.15) is 33.5 Å². The van der Waals surface area contributed by atoms with E-state index in [0.29, 0.717) is 24.8 Å². The third kappa shape index (κ3) is 4.61. The molecule has 1 aromatic heterocycles. The van der Waals surface area contributed by atoms with Gasteiger partial charge in [-0.3, -0.25) is 0 Å². The Hall–Kier alpha value is -1.77. The minimum Gasteiger partial charge on any atom is -0.376 e. The third-order valence-electron chi connectivity index (χ3n) is 4.88. The Labute approximate surface area is 173 Å². The van der Waals surface area contributed by atoms with Crippen LogP contribution in [-0.4, -0.2) is 48.5 Å². The van der Waals surface area contributed by atoms with Gasteiger partial charge < -0.3 is 14.8 Å². The van der Waals surface area contributed by atoms with Crippen molar-refractivity contribution < 1.29 is 8.42 Å². The number of benzene rings is 1. The van der Waals surface area contributed by atoms with Crippen LogP contribution in [0.3, 0.4) is 0 Å². The SMILES string of the molecule is CCN(CC)c1ccc(S(=O)(=O)N(CC)CC)cc1NCc1ncc(Cl)n1C. The monoisotopic (exact) mass is 427 g/mol. The van der Waals surface area contributed by atoms with Crippen LogP contribution >= 0.6 is 11.6 Å². The van der Waals surface area contributed by atoms with E-state index in [1.54, 1.807) is 22.9 Å². The lowest BCUT2D eigenvalue weighted by Gasteiger charge is -2.26. The summed E-state index contributed by atoms with van der Waals surface area (Å²) in [4.78, 5) is 6.77. The van der Waals surface area contributed by atoms with E-state index in [-0.39, 0.29) is 4.90 Å². The number of rotatable bonds is 10. The normalized spacial score (nSPS) is 11.8. The standard InChI is InChI=1S/C19H30ClN5O2S/c1-6-24(7-2)17-11-10-15(28(26,27)25(8-3)9-4)12-16(17)21-14-19-22-13-18(20)23(19)5/h10-13,21H,6-9,14H2,1-5H3. The molecule has 2 rings (SSSR count). The van der Waals surface area contributed by atoms with E-state index in [2.05, 4.69) is 29.0 Å². The number of hydrogen-bond acceptors (Lipinski definition) is 5. The van der Waals surface area contributed by atoms with Gasteiger partial charge in [-0.15, -0.1) is 0 Å². The van der Waals surface area contributed by atoms with E-state index in [0.717, 1.165) is 30.3 Å². The molecular formula is C19H30ClN5O2S. The zero-order chi connectivity index (χ0) is 20.9. The molecule has 0 aliphatic rings. The highest BCUT2D eigenvalue weighted by Gasteiger charge is 2.23. The first-order chi connectivity index (χ1) is 13.3. The first-order valence-electron chi connectivity index (χ1n) is 9.59. The maximum Gasteiger partial charge on any atom is 0.243 e. The Morgan fingerprint density at radius 1 is 1.11 bits per heavy atom. The largest absolute Gasteiger partial charge is 0.376 e. The van der Waals surface area contributed by atoms with Crippen molar-refractivity contribution in [2.45, 2.75) is 39.1 Å². The van der Waals surface area contributed by atoms with Crippen molar-refractivity contribution in [3.8, 4) is 0 Å². The summed E-state index contributed by atoms with van der Waals surface area (Å²) in [6.45, 7) is 10.8. The van der Waals surface area contributed by atoms with Crippen LogP contribution in [-0.2, 0) is 23.6 Å². The number of aromatic nitrogens is 2. The summed E-state index contributed by atoms with van der Waals surface area (Å²) < 4.78 is 29.2. The van der Waals surface area contributed by atoms with Crippen molar-refractivity contribution in [3.05, 3.63) is 35.4 Å². The molecule has 1 heterocycles. The smallest absolute Gasteiger partial charge is 0.243 e. The molecule has 0 bridgehead atoms. The van der Waals surface area contributed by atoms with Gasteiger partial charge in [0.25, 0.3) is 0 Å². The van der Waals surface area contributed by atoms with Crippen LogP contribution in [0.25, 0.3) is 0 Å². The fourth-order valence-electron chi connectivity index (χ4n) is 3.13. The summed E-state index contributed by atoms with van der Waals surface area (Å²) in [6.07, 6.45) is 1.60. The molecule has 9 heteroatoms. The molecule has 0 spiro atoms. The number of hydrogen-bond donors (Lipinski definition) is 1. The molecule has 0 amide bonds. The second kappa shape index (κ2) is 9.62. The molecule has 0 atom stereocenters. The van der Waals surface area contributed by atoms with Crippen LogP contribution in [0, 0.1) is 0 Å². The summed E-state index contributed by atoms with van der Waals surface area (Å²) in [5.41, 5.74) is 1.72. The van der Waals surface area contributed by atoms with Crippen molar-refractivity contribution in [1.29, 1.82) is 0 Å². The van der Waals surface area contributed by atoms with Crippen molar-refractivity contribution >= 4 is 33.0 Å². The van der Waals surface area contributed by atoms with Gasteiger partial charge in [0, 0.05) is 33.2 Å². The molecule has 1 N–H and O–H groups in total. The zero-order valence-corrected chi connectivity index (χ0v) is 18.8. The molecule has 1 aromatic carbocycles. The minimum absolute atomic E-state index is 0.285. The summed E-state index contributed by atoms with van der Waals surface area (Å²) in [5.74, 6) is 0.771. The second-order valence-corrected chi connectivity index (χ2v) is 8.68. The van der Waals surface area contributed by atoms with Crippen molar-refractivity contribution in [1.82, 2.24) is 13.9 Å². The Kier molecular flexibility index (Phi) is 7.74. The van der Waals surface area contributed by atoms with Crippen LogP contribution in [0.2, 0.25) is 5.15 Å². The molecule has 28 heavy (non-hydrogen) atoms. The number of anilines is 2. The predicted molar refractivity (Wildman–Crippen MR) is 116 cm³/mol. The van der Waals surface area contributed by atoms with E-state index in [4.69, 9.17) is 11.6 Å². The maximum atomic E-state index is 12.9. The highest BCUT2D eigenvalue weighted by atomic mass is 35.5. The van der Waals surface area contributed by atoms with Crippen LogP contribution in [0.5, 0.6) is 0 Å². The Balaban J connectivity index is 2.44. The van der Waals surface area contributed by atoms with Gasteiger partial charge in [0.1, 0.15) is 11.0 Å². The first kappa shape index (κ1) is 22.5. The van der Waals surface area contributed by atoms with Gasteiger partial charge in [0.05, 0.1) is 29.0 Å². The van der Waals surface area contributed by atoms with E-state index in [1.165, 1.54) is 4.31 Å². The molecule has 2 aromatic rings. The number of sulfonamides is 1. The van der Waals surface area contributed by atoms with Gasteiger partial charge in [0.15, 0.2) is 0 Å². The van der Waals surface area contributed by atoms with Gasteiger partial charge >= 0.3 is 0 Å². The molecule has 0 saturated heterocycles. The lowest BCUT2D eigenvalue weighted by Crippen LogP contribution is -2.31. The fourth-order valence-corrected chi connectivity index (χ4v) is 4.76. The number of imidazole rings is 1. The predicted octanol–water partition coefficient (Wildman–Crippen LogP) is 3.56. The Bertz CT molecular complexity index is 890. The third-order valence-corrected chi connectivity index (χ3v) is 7.28. The molecule has 0 saturated carbocycles. The quantitative estimate of drug-likeness (QED) is 0.627. The topological polar surface area (TPSA) is 70.5 Å². The van der Waals surface area contributed by atoms with Gasteiger partial charge in [-0.25, -0.2) is 13.4 Å². The average Bonchev–Trinajstić information content (AvgIpc) is 3.00. The second-order valence-electron chi connectivity index (χ2n) is 6.35. The van der Waals surface area contributed by atoms with Crippen LogP contribution in [0.4, 0.5) is 11.4 Å². The molecule has 0 aliphatic heterocycles. The number of nitrogens with one attached hydrogen (secondary N) is 1. The van der Waals surface area contributed by atoms with Gasteiger partial charge in [0.2, 0.25) is 10.0 Å². The van der Waals surface area contributed by atoms with E-state index >= 15 is 0 Å². The molecular weight excluding hydrogens is 398 g/mol. The summed E-state index contributed by atoms with van der Waals surface area (Å²) in [7, 11) is -1.69. The Morgan fingerprint density at radius 3 is 2.25 bits per heavy atom. The zero-order valence-electron chi connectivity index (χ0n) is 17.2. The van der Waals surface area contributed by atoms with Crippen LogP contribution in [0.15, 0.2) is 29.3 Å². The first-order valence-corrected chi connectivity index (χ1v) is 11.4. The van der Waals surface area contributed by atoms with Crippen molar-refractivity contribution in [3.63, 3.8) is 0 Å². The van der Waals surface area contributed by atoms with Gasteiger partial charge in [-0.05, 0) is 32.0 Å². The van der Waals surface area contributed by atoms with E-state index in [1.807, 2.05) is 27.0 Å². The molecule has 0 fully saturated rings. The minimum atomic E-state index is -3.53. The summed E-state index contributed by atoms with van der Waals surface area (Å²) in [6, 6.07) is 5.27. The van der Waals surface area contributed by atoms with Crippen molar-refractivity contribution in [2.24, 2.45) is 7.05 Å². The summed E-state index contributed by atoms with van der Waals surface area (Å²) in [5, 5.41) is 3.91. The molecule has 0 unspecified atom stereocenters. The fraction of sp³-hybridized carbons (Fsp3) is 0.526. The van der Waals surface area contributed by atoms with Crippen LogP contribution < -0.4 is 10.2 Å². The summed E-state index contributed by atoms with van der Waals surface area (Å²) >= 11 is 6.07. The molecule has 156 valence electrons. The average molecular weight is 428 g/mol.